The first-order chi connectivity index (χ1) is 8.75. The van der Waals surface area contributed by atoms with Gasteiger partial charge in [-0.3, -0.25) is 4.84 Å². The molecule has 18 heavy (non-hydrogen) atoms. The van der Waals surface area contributed by atoms with Crippen molar-refractivity contribution in [1.29, 1.82) is 0 Å². The van der Waals surface area contributed by atoms with Crippen molar-refractivity contribution in [2.75, 3.05) is 0 Å². The predicted molar refractivity (Wildman–Crippen MR) is 72.7 cm³/mol. The van der Waals surface area contributed by atoms with Gasteiger partial charge in [-0.2, -0.15) is 5.06 Å². The number of rotatable bonds is 6. The van der Waals surface area contributed by atoms with Crippen LogP contribution < -0.4 is 0 Å². The number of hydroxylamine groups is 2. The van der Waals surface area contributed by atoms with Crippen LogP contribution in [0.2, 0.25) is 0 Å². The van der Waals surface area contributed by atoms with Gasteiger partial charge in [0.1, 0.15) is 0 Å². The molecule has 0 fully saturated rings. The molecule has 3 heteroatoms. The van der Waals surface area contributed by atoms with Crippen LogP contribution in [0.1, 0.15) is 25.0 Å². The second kappa shape index (κ2) is 6.38. The first-order valence-corrected chi connectivity index (χ1v) is 6.31. The molecule has 0 amide bonds. The molecule has 1 aromatic heterocycles. The molecule has 1 aromatic carbocycles. The van der Waals surface area contributed by atoms with E-state index in [0.717, 1.165) is 6.54 Å². The Hall–Kier alpha value is -1.58. The minimum atomic E-state index is 0.351. The maximum atomic E-state index is 5.88. The molecule has 0 saturated heterocycles. The summed E-state index contributed by atoms with van der Waals surface area (Å²) in [6.45, 7) is 5.69. The number of hydrogen-bond donors (Lipinski definition) is 1. The van der Waals surface area contributed by atoms with Gasteiger partial charge in [0.25, 0.3) is 0 Å². The van der Waals surface area contributed by atoms with Crippen LogP contribution in [-0.2, 0) is 18.0 Å². The predicted octanol–water partition coefficient (Wildman–Crippen LogP) is 3.36. The maximum Gasteiger partial charge on any atom is 0.0936 e. The molecule has 0 aliphatic carbocycles. The lowest BCUT2D eigenvalue weighted by Gasteiger charge is -2.25. The third-order valence-electron chi connectivity index (χ3n) is 2.82. The van der Waals surface area contributed by atoms with Gasteiger partial charge in [0, 0.05) is 18.4 Å². The highest BCUT2D eigenvalue weighted by Gasteiger charge is 2.11. The van der Waals surface area contributed by atoms with E-state index in [1.54, 1.807) is 0 Å². The Bertz CT molecular complexity index is 437. The zero-order valence-electron chi connectivity index (χ0n) is 11.0. The molecule has 0 unspecified atom stereocenters. The standard InChI is InChI=1S/C15H20N2O/c1-13(2)17(11-15-8-9-16-10-15)18-12-14-6-4-3-5-7-14/h3-10,13,16H,11-12H2,1-2H3. The third kappa shape index (κ3) is 3.72. The lowest BCUT2D eigenvalue weighted by Crippen LogP contribution is -2.30. The van der Waals surface area contributed by atoms with E-state index in [-0.39, 0.29) is 0 Å². The van der Waals surface area contributed by atoms with Gasteiger partial charge in [-0.1, -0.05) is 30.3 Å². The van der Waals surface area contributed by atoms with Crippen LogP contribution in [0.15, 0.2) is 48.8 Å². The second-order valence-electron chi connectivity index (χ2n) is 4.65. The Morgan fingerprint density at radius 2 is 1.89 bits per heavy atom. The summed E-state index contributed by atoms with van der Waals surface area (Å²) >= 11 is 0. The normalized spacial score (nSPS) is 11.3. The number of aromatic amines is 1. The summed E-state index contributed by atoms with van der Waals surface area (Å²) < 4.78 is 0. The van der Waals surface area contributed by atoms with E-state index in [2.05, 4.69) is 37.0 Å². The van der Waals surface area contributed by atoms with Gasteiger partial charge < -0.3 is 4.98 Å². The highest BCUT2D eigenvalue weighted by Crippen LogP contribution is 2.11. The lowest BCUT2D eigenvalue weighted by molar-refractivity contribution is -0.196. The zero-order chi connectivity index (χ0) is 12.8. The summed E-state index contributed by atoms with van der Waals surface area (Å²) in [5, 5.41) is 2.01. The first-order valence-electron chi connectivity index (χ1n) is 6.31. The number of benzene rings is 1. The van der Waals surface area contributed by atoms with Crippen molar-refractivity contribution < 1.29 is 4.84 Å². The molecule has 0 atom stereocenters. The zero-order valence-corrected chi connectivity index (χ0v) is 11.0. The van der Waals surface area contributed by atoms with Crippen LogP contribution in [0, 0.1) is 0 Å². The van der Waals surface area contributed by atoms with E-state index in [1.807, 2.05) is 35.7 Å². The number of nitrogens with one attached hydrogen (secondary N) is 1. The van der Waals surface area contributed by atoms with Crippen molar-refractivity contribution in [3.05, 3.63) is 59.9 Å². The van der Waals surface area contributed by atoms with E-state index in [0.29, 0.717) is 12.6 Å². The average Bonchev–Trinajstić information content (AvgIpc) is 2.88. The van der Waals surface area contributed by atoms with Crippen molar-refractivity contribution in [2.24, 2.45) is 0 Å². The summed E-state index contributed by atoms with van der Waals surface area (Å²) in [6, 6.07) is 12.7. The van der Waals surface area contributed by atoms with Gasteiger partial charge in [0.15, 0.2) is 0 Å². The van der Waals surface area contributed by atoms with Crippen molar-refractivity contribution in [2.45, 2.75) is 33.0 Å². The van der Waals surface area contributed by atoms with Crippen LogP contribution in [0.25, 0.3) is 0 Å². The topological polar surface area (TPSA) is 28.3 Å². The van der Waals surface area contributed by atoms with Gasteiger partial charge in [-0.25, -0.2) is 0 Å². The van der Waals surface area contributed by atoms with Gasteiger partial charge in [-0.05, 0) is 31.0 Å². The fraction of sp³-hybridized carbons (Fsp3) is 0.333. The summed E-state index contributed by atoms with van der Waals surface area (Å²) in [5.74, 6) is 0. The molecule has 2 rings (SSSR count). The Morgan fingerprint density at radius 1 is 1.11 bits per heavy atom. The van der Waals surface area contributed by atoms with Crippen molar-refractivity contribution in [3.8, 4) is 0 Å². The summed E-state index contributed by atoms with van der Waals surface area (Å²) in [4.78, 5) is 8.95. The Labute approximate surface area is 108 Å². The molecule has 0 bridgehead atoms. The quantitative estimate of drug-likeness (QED) is 0.789. The first kappa shape index (κ1) is 12.9. The Morgan fingerprint density at radius 3 is 2.50 bits per heavy atom. The summed E-state index contributed by atoms with van der Waals surface area (Å²) in [5.41, 5.74) is 2.42. The fourth-order valence-electron chi connectivity index (χ4n) is 1.75. The molecule has 1 N–H and O–H groups in total. The molecule has 0 radical (unpaired) electrons. The second-order valence-corrected chi connectivity index (χ2v) is 4.65. The molecule has 0 aliphatic heterocycles. The van der Waals surface area contributed by atoms with Crippen molar-refractivity contribution in [3.63, 3.8) is 0 Å². The van der Waals surface area contributed by atoms with Crippen LogP contribution in [0.5, 0.6) is 0 Å². The molecule has 0 saturated carbocycles. The molecule has 0 aliphatic rings. The molecule has 2 aromatic rings. The van der Waals surface area contributed by atoms with Gasteiger partial charge >= 0.3 is 0 Å². The molecule has 3 nitrogen and oxygen atoms in total. The van der Waals surface area contributed by atoms with Crippen molar-refractivity contribution >= 4 is 0 Å². The SMILES string of the molecule is CC(C)N(Cc1cc[nH]c1)OCc1ccccc1. The van der Waals surface area contributed by atoms with E-state index in [9.17, 15) is 0 Å². The van der Waals surface area contributed by atoms with Gasteiger partial charge in [0.05, 0.1) is 13.2 Å². The summed E-state index contributed by atoms with van der Waals surface area (Å²) in [6.07, 6.45) is 3.94. The highest BCUT2D eigenvalue weighted by molar-refractivity contribution is 5.13. The Balaban J connectivity index is 1.91. The van der Waals surface area contributed by atoms with E-state index in [1.165, 1.54) is 11.1 Å². The van der Waals surface area contributed by atoms with Gasteiger partial charge in [-0.15, -0.1) is 0 Å². The molecule has 1 heterocycles. The number of H-pyrrole nitrogens is 1. The molecule has 0 spiro atoms. The van der Waals surface area contributed by atoms with E-state index in [4.69, 9.17) is 4.84 Å². The lowest BCUT2D eigenvalue weighted by atomic mass is 10.2. The number of aromatic nitrogens is 1. The Kier molecular flexibility index (Phi) is 4.56. The minimum Gasteiger partial charge on any atom is -0.367 e. The highest BCUT2D eigenvalue weighted by atomic mass is 16.7. The fourth-order valence-corrected chi connectivity index (χ4v) is 1.75. The van der Waals surface area contributed by atoms with Crippen LogP contribution in [0.3, 0.4) is 0 Å². The monoisotopic (exact) mass is 244 g/mol. The maximum absolute atomic E-state index is 5.88. The molecular weight excluding hydrogens is 224 g/mol. The average molecular weight is 244 g/mol. The third-order valence-corrected chi connectivity index (χ3v) is 2.82. The number of nitrogens with zero attached hydrogens (tertiary/aromatic N) is 1. The minimum absolute atomic E-state index is 0.351. The van der Waals surface area contributed by atoms with E-state index < -0.39 is 0 Å². The van der Waals surface area contributed by atoms with Crippen LogP contribution in [-0.4, -0.2) is 16.1 Å². The van der Waals surface area contributed by atoms with Crippen LogP contribution >= 0.6 is 0 Å². The molecular formula is C15H20N2O. The van der Waals surface area contributed by atoms with Crippen molar-refractivity contribution in [1.82, 2.24) is 10.0 Å². The largest absolute Gasteiger partial charge is 0.367 e. The molecule has 96 valence electrons. The van der Waals surface area contributed by atoms with Gasteiger partial charge in [0.2, 0.25) is 0 Å². The number of hydrogen-bond acceptors (Lipinski definition) is 2. The van der Waals surface area contributed by atoms with Crippen LogP contribution in [0.4, 0.5) is 0 Å². The smallest absolute Gasteiger partial charge is 0.0936 e. The summed E-state index contributed by atoms with van der Waals surface area (Å²) in [7, 11) is 0. The van der Waals surface area contributed by atoms with E-state index >= 15 is 0 Å².